The molecule has 0 spiro atoms. The second-order valence-electron chi connectivity index (χ2n) is 10.4. The topological polar surface area (TPSA) is 127 Å². The van der Waals surface area contributed by atoms with Crippen LogP contribution in [0, 0.1) is 29.6 Å². The number of ether oxygens (including phenoxy) is 1. The van der Waals surface area contributed by atoms with E-state index >= 15 is 0 Å². The van der Waals surface area contributed by atoms with Crippen molar-refractivity contribution in [2.45, 2.75) is 65.0 Å². The summed E-state index contributed by atoms with van der Waals surface area (Å²) in [6.07, 6.45) is 1.41. The molecule has 4 rings (SSSR count). The van der Waals surface area contributed by atoms with Gasteiger partial charge in [0.05, 0.1) is 19.3 Å². The van der Waals surface area contributed by atoms with E-state index in [0.29, 0.717) is 23.1 Å². The maximum absolute atomic E-state index is 12.9. The second-order valence-corrected chi connectivity index (χ2v) is 10.4. The molecule has 0 heterocycles. The number of allylic oxidation sites excluding steroid dienone is 1. The Kier molecular flexibility index (Phi) is 5.05. The van der Waals surface area contributed by atoms with Crippen molar-refractivity contribution in [2.24, 2.45) is 22.7 Å². The van der Waals surface area contributed by atoms with Crippen molar-refractivity contribution in [1.82, 2.24) is 0 Å². The van der Waals surface area contributed by atoms with Gasteiger partial charge in [-0.3, -0.25) is 0 Å². The maximum Gasteiger partial charge on any atom is 0.342 e. The minimum Gasteiger partial charge on any atom is -0.507 e. The molecule has 7 nitrogen and oxygen atoms in total. The van der Waals surface area contributed by atoms with Crippen molar-refractivity contribution < 1.29 is 35.1 Å². The van der Waals surface area contributed by atoms with Gasteiger partial charge in [-0.1, -0.05) is 32.9 Å². The summed E-state index contributed by atoms with van der Waals surface area (Å²) in [4.78, 5) is 12.9. The van der Waals surface area contributed by atoms with Gasteiger partial charge in [0.15, 0.2) is 0 Å². The minimum absolute atomic E-state index is 0.0142. The molecule has 3 unspecified atom stereocenters. The molecule has 5 N–H and O–H groups in total. The average Bonchev–Trinajstić information content (AvgIpc) is 2.92. The number of rotatable bonds is 4. The van der Waals surface area contributed by atoms with Crippen LogP contribution < -0.4 is 0 Å². The molecule has 0 aliphatic heterocycles. The number of benzene rings is 1. The summed E-state index contributed by atoms with van der Waals surface area (Å²) >= 11 is 0. The van der Waals surface area contributed by atoms with Crippen molar-refractivity contribution >= 4 is 5.97 Å². The molecule has 0 radical (unpaired) electrons. The molecule has 7 heteroatoms. The summed E-state index contributed by atoms with van der Waals surface area (Å²) in [6.45, 7) is 6.90. The normalized spacial score (nSPS) is 38.0. The van der Waals surface area contributed by atoms with Crippen LogP contribution in [0.15, 0.2) is 23.8 Å². The number of aryl methyl sites for hydroxylation is 1. The SMILES string of the molecule is Cc1cc(CO)cc(O)c1C(=O)O[C@@H]1C[C@]2(C)C3C(C=C(CO)[C@]12O)CC(C)(C)C3O. The fourth-order valence-electron chi connectivity index (χ4n) is 6.52. The van der Waals surface area contributed by atoms with Gasteiger partial charge in [0.25, 0.3) is 0 Å². The Morgan fingerprint density at radius 2 is 1.84 bits per heavy atom. The molecule has 1 aromatic carbocycles. The van der Waals surface area contributed by atoms with Crippen molar-refractivity contribution in [3.05, 3.63) is 40.5 Å². The number of esters is 1. The van der Waals surface area contributed by atoms with Gasteiger partial charge in [-0.05, 0) is 53.9 Å². The molecule has 6 atom stereocenters. The lowest BCUT2D eigenvalue weighted by Gasteiger charge is -2.65. The minimum atomic E-state index is -1.59. The molecule has 0 bridgehead atoms. The van der Waals surface area contributed by atoms with Crippen LogP contribution in [-0.2, 0) is 11.3 Å². The number of hydrogen-bond acceptors (Lipinski definition) is 7. The smallest absolute Gasteiger partial charge is 0.342 e. The van der Waals surface area contributed by atoms with Crippen molar-refractivity contribution in [3.8, 4) is 5.75 Å². The number of aromatic hydroxyl groups is 1. The first-order valence-electron chi connectivity index (χ1n) is 10.8. The number of fused-ring (bicyclic) bond motifs is 3. The molecule has 1 aromatic rings. The van der Waals surface area contributed by atoms with Gasteiger partial charge in [0, 0.05) is 11.3 Å². The number of hydrogen-bond donors (Lipinski definition) is 5. The Balaban J connectivity index is 1.65. The van der Waals surface area contributed by atoms with Crippen LogP contribution in [0.3, 0.4) is 0 Å². The van der Waals surface area contributed by atoms with Crippen LogP contribution >= 0.6 is 0 Å². The maximum atomic E-state index is 12.9. The van der Waals surface area contributed by atoms with Crippen LogP contribution in [0.4, 0.5) is 0 Å². The monoisotopic (exact) mass is 432 g/mol. The lowest BCUT2D eigenvalue weighted by molar-refractivity contribution is -0.260. The van der Waals surface area contributed by atoms with Gasteiger partial charge in [-0.2, -0.15) is 0 Å². The quantitative estimate of drug-likeness (QED) is 0.363. The zero-order valence-electron chi connectivity index (χ0n) is 18.4. The number of carbonyl (C=O) groups is 1. The van der Waals surface area contributed by atoms with Crippen molar-refractivity contribution in [3.63, 3.8) is 0 Å². The predicted octanol–water partition coefficient (Wildman–Crippen LogP) is 1.81. The molecule has 0 saturated heterocycles. The van der Waals surface area contributed by atoms with Crippen molar-refractivity contribution in [2.75, 3.05) is 6.61 Å². The molecule has 2 fully saturated rings. The zero-order valence-corrected chi connectivity index (χ0v) is 18.4. The molecular formula is C24H32O7. The molecular weight excluding hydrogens is 400 g/mol. The summed E-state index contributed by atoms with van der Waals surface area (Å²) in [5.41, 5.74) is -1.32. The first kappa shape index (κ1) is 22.3. The third kappa shape index (κ3) is 2.90. The van der Waals surface area contributed by atoms with Gasteiger partial charge in [0.2, 0.25) is 0 Å². The number of aliphatic hydroxyl groups is 4. The molecule has 3 aliphatic rings. The van der Waals surface area contributed by atoms with E-state index in [4.69, 9.17) is 4.74 Å². The van der Waals surface area contributed by atoms with E-state index in [2.05, 4.69) is 0 Å². The largest absolute Gasteiger partial charge is 0.507 e. The van der Waals surface area contributed by atoms with Gasteiger partial charge >= 0.3 is 5.97 Å². The zero-order chi connectivity index (χ0) is 22.9. The summed E-state index contributed by atoms with van der Waals surface area (Å²) < 4.78 is 5.67. The Labute approximate surface area is 182 Å². The molecule has 3 aliphatic carbocycles. The highest BCUT2D eigenvalue weighted by Gasteiger charge is 2.74. The first-order valence-corrected chi connectivity index (χ1v) is 10.8. The fraction of sp³-hybridized carbons (Fsp3) is 0.625. The molecule has 0 aromatic heterocycles. The van der Waals surface area contributed by atoms with E-state index in [-0.39, 0.29) is 41.8 Å². The summed E-state index contributed by atoms with van der Waals surface area (Å²) in [5, 5.41) is 52.4. The standard InChI is InChI=1S/C24H32O7/c1-12-5-13(10-25)6-16(27)18(12)21(29)31-17-9-23(4)19-14(8-22(2,3)20(19)28)7-15(11-26)24(17,23)30/h5-7,14,17,19-20,25-28,30H,8-11H2,1-4H3/t14?,17-,19?,20?,23-,24+/m1/s1. The number of phenolic OH excluding ortho intramolecular Hbond substituents is 1. The van der Waals surface area contributed by atoms with E-state index in [1.54, 1.807) is 13.0 Å². The highest BCUT2D eigenvalue weighted by Crippen LogP contribution is 2.68. The van der Waals surface area contributed by atoms with E-state index in [1.807, 2.05) is 26.8 Å². The lowest BCUT2D eigenvalue weighted by Crippen LogP contribution is -2.74. The first-order chi connectivity index (χ1) is 14.4. The third-order valence-electron chi connectivity index (χ3n) is 8.13. The highest BCUT2D eigenvalue weighted by molar-refractivity contribution is 5.94. The Hall–Kier alpha value is -1.93. The number of aliphatic hydroxyl groups excluding tert-OH is 3. The van der Waals surface area contributed by atoms with Crippen LogP contribution in [0.25, 0.3) is 0 Å². The van der Waals surface area contributed by atoms with Gasteiger partial charge < -0.3 is 30.3 Å². The third-order valence-corrected chi connectivity index (χ3v) is 8.13. The average molecular weight is 433 g/mol. The Bertz CT molecular complexity index is 928. The van der Waals surface area contributed by atoms with Gasteiger partial charge in [-0.25, -0.2) is 4.79 Å². The van der Waals surface area contributed by atoms with Crippen LogP contribution in [0.5, 0.6) is 5.75 Å². The molecule has 2 saturated carbocycles. The number of carbonyl (C=O) groups excluding carboxylic acids is 1. The van der Waals surface area contributed by atoms with Crippen LogP contribution in [-0.4, -0.2) is 55.9 Å². The molecule has 0 amide bonds. The van der Waals surface area contributed by atoms with Gasteiger partial charge in [0.1, 0.15) is 23.0 Å². The summed E-state index contributed by atoms with van der Waals surface area (Å²) in [6, 6.07) is 2.90. The molecule has 31 heavy (non-hydrogen) atoms. The van der Waals surface area contributed by atoms with E-state index in [9.17, 15) is 30.3 Å². The van der Waals surface area contributed by atoms with E-state index in [0.717, 1.165) is 6.42 Å². The predicted molar refractivity (Wildman–Crippen MR) is 112 cm³/mol. The Morgan fingerprint density at radius 1 is 1.16 bits per heavy atom. The van der Waals surface area contributed by atoms with Gasteiger partial charge in [-0.15, -0.1) is 0 Å². The molecule has 170 valence electrons. The van der Waals surface area contributed by atoms with Crippen LogP contribution in [0.1, 0.15) is 55.1 Å². The lowest BCUT2D eigenvalue weighted by atomic mass is 9.43. The van der Waals surface area contributed by atoms with E-state index in [1.165, 1.54) is 6.07 Å². The summed E-state index contributed by atoms with van der Waals surface area (Å²) in [5.74, 6) is -1.24. The fourth-order valence-corrected chi connectivity index (χ4v) is 6.52. The highest BCUT2D eigenvalue weighted by atomic mass is 16.6. The van der Waals surface area contributed by atoms with Crippen LogP contribution in [0.2, 0.25) is 0 Å². The van der Waals surface area contributed by atoms with Crippen molar-refractivity contribution in [1.29, 1.82) is 0 Å². The summed E-state index contributed by atoms with van der Waals surface area (Å²) in [7, 11) is 0. The van der Waals surface area contributed by atoms with E-state index < -0.39 is 29.2 Å². The Morgan fingerprint density at radius 3 is 2.42 bits per heavy atom. The number of phenols is 1. The second kappa shape index (κ2) is 7.04.